The lowest BCUT2D eigenvalue weighted by Crippen LogP contribution is -2.43. The highest BCUT2D eigenvalue weighted by atomic mass is 16.6. The van der Waals surface area contributed by atoms with Crippen molar-refractivity contribution in [1.82, 2.24) is 0 Å². The van der Waals surface area contributed by atoms with Crippen molar-refractivity contribution in [1.29, 1.82) is 0 Å². The summed E-state index contributed by atoms with van der Waals surface area (Å²) in [5.74, 6) is 0.434. The van der Waals surface area contributed by atoms with Gasteiger partial charge < -0.3 is 9.84 Å². The SMILES string of the molecule is O[C@@]12CCC[C@@H](C1)c1ccc3ccccc3c1O2. The maximum absolute atomic E-state index is 10.5. The van der Waals surface area contributed by atoms with Crippen LogP contribution in [0.5, 0.6) is 5.75 Å². The smallest absolute Gasteiger partial charge is 0.208 e. The Morgan fingerprint density at radius 3 is 3.00 bits per heavy atom. The molecule has 1 heterocycles. The third-order valence-corrected chi connectivity index (χ3v) is 4.33. The number of hydrogen-bond donors (Lipinski definition) is 1. The van der Waals surface area contributed by atoms with E-state index in [-0.39, 0.29) is 0 Å². The van der Waals surface area contributed by atoms with Crippen molar-refractivity contribution in [2.45, 2.75) is 37.4 Å². The summed E-state index contributed by atoms with van der Waals surface area (Å²) in [5, 5.41) is 12.8. The molecule has 0 aromatic heterocycles. The van der Waals surface area contributed by atoms with Gasteiger partial charge in [0.1, 0.15) is 5.75 Å². The van der Waals surface area contributed by atoms with Gasteiger partial charge in [-0.25, -0.2) is 0 Å². The van der Waals surface area contributed by atoms with Crippen molar-refractivity contribution in [3.05, 3.63) is 42.0 Å². The standard InChI is InChI=1S/C16H16O2/c17-16-9-3-5-12(10-16)14-8-7-11-4-1-2-6-13(11)15(14)18-16/h1-2,4,6-8,12,17H,3,5,9-10H2/t12-,16+/m0/s1. The number of fused-ring (bicyclic) bond motifs is 6. The second-order valence-corrected chi connectivity index (χ2v) is 5.55. The number of hydrogen-bond acceptors (Lipinski definition) is 2. The fraction of sp³-hybridized carbons (Fsp3) is 0.375. The molecule has 1 aliphatic carbocycles. The summed E-state index contributed by atoms with van der Waals surface area (Å²) in [6.45, 7) is 0. The van der Waals surface area contributed by atoms with E-state index >= 15 is 0 Å². The third-order valence-electron chi connectivity index (χ3n) is 4.33. The summed E-state index contributed by atoms with van der Waals surface area (Å²) in [6.07, 6.45) is 3.72. The summed E-state index contributed by atoms with van der Waals surface area (Å²) >= 11 is 0. The van der Waals surface area contributed by atoms with Gasteiger partial charge in [0, 0.05) is 18.2 Å². The number of rotatable bonds is 0. The van der Waals surface area contributed by atoms with Gasteiger partial charge in [0.2, 0.25) is 5.79 Å². The normalized spacial score (nSPS) is 29.7. The van der Waals surface area contributed by atoms with Crippen molar-refractivity contribution in [3.8, 4) is 5.75 Å². The summed E-state index contributed by atoms with van der Waals surface area (Å²) in [4.78, 5) is 0. The molecule has 1 N–H and O–H groups in total. The third kappa shape index (κ3) is 1.39. The van der Waals surface area contributed by atoms with E-state index in [1.54, 1.807) is 0 Å². The van der Waals surface area contributed by atoms with Crippen molar-refractivity contribution in [2.24, 2.45) is 0 Å². The highest BCUT2D eigenvalue weighted by molar-refractivity contribution is 5.90. The maximum Gasteiger partial charge on any atom is 0.208 e. The van der Waals surface area contributed by atoms with E-state index in [2.05, 4.69) is 24.3 Å². The summed E-state index contributed by atoms with van der Waals surface area (Å²) < 4.78 is 5.96. The van der Waals surface area contributed by atoms with Crippen LogP contribution in [0.25, 0.3) is 10.8 Å². The molecule has 2 nitrogen and oxygen atoms in total. The Morgan fingerprint density at radius 2 is 2.06 bits per heavy atom. The van der Waals surface area contributed by atoms with E-state index in [1.807, 2.05) is 12.1 Å². The first-order valence-corrected chi connectivity index (χ1v) is 6.68. The largest absolute Gasteiger partial charge is 0.462 e. The maximum atomic E-state index is 10.5. The van der Waals surface area contributed by atoms with Crippen molar-refractivity contribution in [3.63, 3.8) is 0 Å². The summed E-state index contributed by atoms with van der Waals surface area (Å²) in [7, 11) is 0. The average Bonchev–Trinajstić information content (AvgIpc) is 2.38. The predicted molar refractivity (Wildman–Crippen MR) is 70.7 cm³/mol. The van der Waals surface area contributed by atoms with Crippen LogP contribution in [-0.4, -0.2) is 10.9 Å². The Hall–Kier alpha value is -1.54. The van der Waals surface area contributed by atoms with Crippen LogP contribution < -0.4 is 4.74 Å². The molecule has 18 heavy (non-hydrogen) atoms. The van der Waals surface area contributed by atoms with Gasteiger partial charge >= 0.3 is 0 Å². The number of benzene rings is 2. The van der Waals surface area contributed by atoms with E-state index in [4.69, 9.17) is 4.74 Å². The van der Waals surface area contributed by atoms with Crippen LogP contribution >= 0.6 is 0 Å². The van der Waals surface area contributed by atoms with Crippen LogP contribution in [0.3, 0.4) is 0 Å². The van der Waals surface area contributed by atoms with Crippen molar-refractivity contribution >= 4 is 10.8 Å². The number of aliphatic hydroxyl groups is 1. The van der Waals surface area contributed by atoms with E-state index in [0.29, 0.717) is 5.92 Å². The quantitative estimate of drug-likeness (QED) is 0.762. The second-order valence-electron chi connectivity index (χ2n) is 5.55. The van der Waals surface area contributed by atoms with Crippen LogP contribution in [0, 0.1) is 0 Å². The molecule has 2 aromatic carbocycles. The van der Waals surface area contributed by atoms with Crippen LogP contribution in [0.2, 0.25) is 0 Å². The summed E-state index contributed by atoms with van der Waals surface area (Å²) in [5.41, 5.74) is 1.28. The first-order valence-electron chi connectivity index (χ1n) is 6.68. The Kier molecular flexibility index (Phi) is 2.01. The van der Waals surface area contributed by atoms with Gasteiger partial charge in [-0.15, -0.1) is 0 Å². The number of ether oxygens (including phenoxy) is 1. The van der Waals surface area contributed by atoms with E-state index in [1.165, 1.54) is 10.9 Å². The molecule has 0 saturated heterocycles. The minimum Gasteiger partial charge on any atom is -0.462 e. The summed E-state index contributed by atoms with van der Waals surface area (Å²) in [6, 6.07) is 12.6. The Morgan fingerprint density at radius 1 is 1.17 bits per heavy atom. The lowest BCUT2D eigenvalue weighted by molar-refractivity contribution is -0.171. The highest BCUT2D eigenvalue weighted by Crippen LogP contribution is 2.49. The Bertz CT molecular complexity index is 620. The van der Waals surface area contributed by atoms with E-state index in [9.17, 15) is 5.11 Å². The van der Waals surface area contributed by atoms with Crippen molar-refractivity contribution < 1.29 is 9.84 Å². The van der Waals surface area contributed by atoms with Crippen LogP contribution in [0.15, 0.2) is 36.4 Å². The monoisotopic (exact) mass is 240 g/mol. The van der Waals surface area contributed by atoms with Crippen LogP contribution in [0.1, 0.15) is 37.2 Å². The zero-order valence-electron chi connectivity index (χ0n) is 10.2. The molecular weight excluding hydrogens is 224 g/mol. The average molecular weight is 240 g/mol. The first-order chi connectivity index (χ1) is 8.75. The molecule has 1 saturated carbocycles. The van der Waals surface area contributed by atoms with Crippen LogP contribution in [-0.2, 0) is 0 Å². The van der Waals surface area contributed by atoms with Gasteiger partial charge in [-0.2, -0.15) is 0 Å². The van der Waals surface area contributed by atoms with E-state index < -0.39 is 5.79 Å². The molecular formula is C16H16O2. The molecule has 2 atom stereocenters. The second kappa shape index (κ2) is 3.48. The first kappa shape index (κ1) is 10.4. The van der Waals surface area contributed by atoms with Gasteiger partial charge in [-0.05, 0) is 29.7 Å². The minimum atomic E-state index is -0.931. The fourth-order valence-electron chi connectivity index (χ4n) is 3.46. The predicted octanol–water partition coefficient (Wildman–Crippen LogP) is 3.58. The molecule has 0 spiro atoms. The lowest BCUT2D eigenvalue weighted by Gasteiger charge is -2.42. The molecule has 1 fully saturated rings. The van der Waals surface area contributed by atoms with Gasteiger partial charge in [0.15, 0.2) is 0 Å². The van der Waals surface area contributed by atoms with Gasteiger partial charge in [0.25, 0.3) is 0 Å². The Labute approximate surface area is 106 Å². The highest BCUT2D eigenvalue weighted by Gasteiger charge is 2.42. The molecule has 2 bridgehead atoms. The zero-order chi connectivity index (χ0) is 12.2. The molecule has 1 aliphatic heterocycles. The molecule has 0 radical (unpaired) electrons. The van der Waals surface area contributed by atoms with Crippen LogP contribution in [0.4, 0.5) is 0 Å². The molecule has 2 aromatic rings. The van der Waals surface area contributed by atoms with Gasteiger partial charge in [0.05, 0.1) is 0 Å². The lowest BCUT2D eigenvalue weighted by atomic mass is 9.77. The van der Waals surface area contributed by atoms with Crippen molar-refractivity contribution in [2.75, 3.05) is 0 Å². The molecule has 2 heteroatoms. The molecule has 0 unspecified atom stereocenters. The zero-order valence-corrected chi connectivity index (χ0v) is 10.2. The van der Waals surface area contributed by atoms with E-state index in [0.717, 1.165) is 36.8 Å². The van der Waals surface area contributed by atoms with Gasteiger partial charge in [-0.1, -0.05) is 36.4 Å². The fourth-order valence-corrected chi connectivity index (χ4v) is 3.46. The Balaban J connectivity index is 1.99. The minimum absolute atomic E-state index is 0.456. The molecule has 0 amide bonds. The van der Waals surface area contributed by atoms with Gasteiger partial charge in [-0.3, -0.25) is 0 Å². The topological polar surface area (TPSA) is 29.5 Å². The molecule has 92 valence electrons. The molecule has 4 rings (SSSR count). The molecule has 2 aliphatic rings.